The number of H-pyrrole nitrogens is 1. The summed E-state index contributed by atoms with van der Waals surface area (Å²) >= 11 is 11.6. The Morgan fingerprint density at radius 2 is 2.05 bits per heavy atom. The smallest absolute Gasteiger partial charge is 0.178 e. The lowest BCUT2D eigenvalue weighted by Crippen LogP contribution is -2.28. The largest absolute Gasteiger partial charge is 0.331 e. The molecule has 2 rings (SSSR count). The van der Waals surface area contributed by atoms with E-state index < -0.39 is 0 Å². The van der Waals surface area contributed by atoms with Gasteiger partial charge in [0.1, 0.15) is 0 Å². The maximum Gasteiger partial charge on any atom is 0.178 e. The van der Waals surface area contributed by atoms with E-state index in [0.717, 1.165) is 27.4 Å². The van der Waals surface area contributed by atoms with E-state index in [4.69, 9.17) is 23.8 Å². The summed E-state index contributed by atoms with van der Waals surface area (Å²) < 4.78 is 2.96. The van der Waals surface area contributed by atoms with E-state index in [-0.39, 0.29) is 0 Å². The van der Waals surface area contributed by atoms with Crippen LogP contribution in [0.2, 0.25) is 5.02 Å². The molecule has 3 nitrogen and oxygen atoms in total. The fourth-order valence-corrected chi connectivity index (χ4v) is 2.90. The molecule has 0 radical (unpaired) electrons. The summed E-state index contributed by atoms with van der Waals surface area (Å²) in [6.45, 7) is 5.39. The van der Waals surface area contributed by atoms with Gasteiger partial charge in [-0.3, -0.25) is 0 Å². The van der Waals surface area contributed by atoms with E-state index in [1.807, 2.05) is 18.2 Å². The normalized spacial score (nSPS) is 13.6. The topological polar surface area (TPSA) is 24.0 Å². The van der Waals surface area contributed by atoms with Crippen molar-refractivity contribution in [2.45, 2.75) is 19.9 Å². The van der Waals surface area contributed by atoms with Crippen LogP contribution in [-0.2, 0) is 0 Å². The second-order valence-electron chi connectivity index (χ2n) is 5.54. The Morgan fingerprint density at radius 3 is 2.63 bits per heavy atom. The van der Waals surface area contributed by atoms with Crippen LogP contribution in [0.3, 0.4) is 0 Å². The van der Waals surface area contributed by atoms with Crippen LogP contribution >= 0.6 is 23.8 Å². The fourth-order valence-electron chi connectivity index (χ4n) is 2.39. The molecule has 1 heterocycles. The summed E-state index contributed by atoms with van der Waals surface area (Å²) in [6.07, 6.45) is 0. The third kappa shape index (κ3) is 3.02. The molecule has 0 aliphatic heterocycles. The second-order valence-corrected chi connectivity index (χ2v) is 6.36. The molecule has 19 heavy (non-hydrogen) atoms. The number of hydrogen-bond donors (Lipinski definition) is 1. The Labute approximate surface area is 124 Å². The number of hydrogen-bond acceptors (Lipinski definition) is 2. The number of nitrogens with zero attached hydrogens (tertiary/aromatic N) is 2. The Morgan fingerprint density at radius 1 is 1.37 bits per heavy atom. The van der Waals surface area contributed by atoms with Crippen molar-refractivity contribution in [2.24, 2.45) is 5.92 Å². The monoisotopic (exact) mass is 297 g/mol. The molecule has 0 aliphatic carbocycles. The third-order valence-corrected chi connectivity index (χ3v) is 3.87. The number of aromatic amines is 1. The zero-order chi connectivity index (χ0) is 14.2. The number of fused-ring (bicyclic) bond motifs is 1. The van der Waals surface area contributed by atoms with Gasteiger partial charge in [0, 0.05) is 11.6 Å². The van der Waals surface area contributed by atoms with Gasteiger partial charge in [0.15, 0.2) is 4.77 Å². The second kappa shape index (κ2) is 5.65. The summed E-state index contributed by atoms with van der Waals surface area (Å²) in [4.78, 5) is 5.45. The molecule has 0 fully saturated rings. The average Bonchev–Trinajstić information content (AvgIpc) is 2.61. The molecule has 1 aromatic carbocycles. The van der Waals surface area contributed by atoms with Crippen LogP contribution in [-0.4, -0.2) is 35.1 Å². The van der Waals surface area contributed by atoms with E-state index in [2.05, 4.69) is 42.4 Å². The van der Waals surface area contributed by atoms with Crippen LogP contribution in [0.5, 0.6) is 0 Å². The summed E-state index contributed by atoms with van der Waals surface area (Å²) in [6, 6.07) is 6.18. The van der Waals surface area contributed by atoms with E-state index in [9.17, 15) is 0 Å². The van der Waals surface area contributed by atoms with Crippen molar-refractivity contribution in [1.29, 1.82) is 0 Å². The molecule has 1 unspecified atom stereocenters. The number of aromatic nitrogens is 2. The zero-order valence-electron chi connectivity index (χ0n) is 11.8. The Balaban J connectivity index is 2.61. The molecule has 0 aliphatic rings. The van der Waals surface area contributed by atoms with E-state index in [1.165, 1.54) is 0 Å². The van der Waals surface area contributed by atoms with E-state index in [0.29, 0.717) is 12.0 Å². The summed E-state index contributed by atoms with van der Waals surface area (Å²) in [5, 5.41) is 0.739. The molecule has 0 saturated carbocycles. The van der Waals surface area contributed by atoms with Gasteiger partial charge in [0.05, 0.1) is 17.1 Å². The molecule has 0 spiro atoms. The minimum absolute atomic E-state index is 0.328. The first-order chi connectivity index (χ1) is 8.90. The highest BCUT2D eigenvalue weighted by molar-refractivity contribution is 7.71. The van der Waals surface area contributed by atoms with Crippen LogP contribution in [0.1, 0.15) is 19.9 Å². The van der Waals surface area contributed by atoms with Gasteiger partial charge in [-0.15, -0.1) is 0 Å². The lowest BCUT2D eigenvalue weighted by atomic mass is 10.0. The van der Waals surface area contributed by atoms with Gasteiger partial charge in [0.2, 0.25) is 0 Å². The van der Waals surface area contributed by atoms with Crippen molar-refractivity contribution in [1.82, 2.24) is 14.5 Å². The van der Waals surface area contributed by atoms with Crippen LogP contribution in [0.25, 0.3) is 11.0 Å². The molecule has 2 aromatic rings. The third-order valence-electron chi connectivity index (χ3n) is 3.33. The van der Waals surface area contributed by atoms with E-state index >= 15 is 0 Å². The molecular weight excluding hydrogens is 278 g/mol. The van der Waals surface area contributed by atoms with Crippen molar-refractivity contribution in [3.05, 3.63) is 28.0 Å². The van der Waals surface area contributed by atoms with Gasteiger partial charge >= 0.3 is 0 Å². The highest BCUT2D eigenvalue weighted by atomic mass is 35.5. The first-order valence-electron chi connectivity index (χ1n) is 6.44. The molecule has 5 heteroatoms. The minimum atomic E-state index is 0.328. The van der Waals surface area contributed by atoms with Gasteiger partial charge in [-0.2, -0.15) is 0 Å². The molecule has 1 atom stereocenters. The minimum Gasteiger partial charge on any atom is -0.331 e. The molecule has 0 amide bonds. The molecule has 1 N–H and O–H groups in total. The van der Waals surface area contributed by atoms with Gasteiger partial charge in [0.25, 0.3) is 0 Å². The van der Waals surface area contributed by atoms with Gasteiger partial charge < -0.3 is 14.5 Å². The SMILES string of the molecule is CC(C)C(CN(C)C)n1c(=S)[nH]c2ccc(Cl)cc21. The van der Waals surface area contributed by atoms with Crippen molar-refractivity contribution >= 4 is 34.9 Å². The highest BCUT2D eigenvalue weighted by Gasteiger charge is 2.20. The number of likely N-dealkylation sites (N-methyl/N-ethyl adjacent to an activating group) is 1. The number of rotatable bonds is 4. The fraction of sp³-hybridized carbons (Fsp3) is 0.500. The lowest BCUT2D eigenvalue weighted by Gasteiger charge is -2.26. The zero-order valence-corrected chi connectivity index (χ0v) is 13.3. The van der Waals surface area contributed by atoms with Crippen molar-refractivity contribution in [2.75, 3.05) is 20.6 Å². The van der Waals surface area contributed by atoms with Crippen LogP contribution < -0.4 is 0 Å². The van der Waals surface area contributed by atoms with Crippen molar-refractivity contribution < 1.29 is 0 Å². The number of halogens is 1. The lowest BCUT2D eigenvalue weighted by molar-refractivity contribution is 0.272. The number of imidazole rings is 1. The number of nitrogens with one attached hydrogen (secondary N) is 1. The summed E-state index contributed by atoms with van der Waals surface area (Å²) in [5.41, 5.74) is 2.12. The Hall–Kier alpha value is -0.840. The predicted molar refractivity (Wildman–Crippen MR) is 84.6 cm³/mol. The molecule has 0 saturated heterocycles. The molecular formula is C14H20ClN3S. The standard InChI is InChI=1S/C14H20ClN3S/c1-9(2)13(8-17(3)4)18-12-7-10(15)5-6-11(12)16-14(18)19/h5-7,9,13H,8H2,1-4H3,(H,16,19). The van der Waals surface area contributed by atoms with Crippen molar-refractivity contribution in [3.8, 4) is 0 Å². The van der Waals surface area contributed by atoms with Crippen LogP contribution in [0, 0.1) is 10.7 Å². The Bertz CT molecular complexity index is 627. The average molecular weight is 298 g/mol. The van der Waals surface area contributed by atoms with Crippen LogP contribution in [0.4, 0.5) is 0 Å². The van der Waals surface area contributed by atoms with Gasteiger partial charge in [-0.25, -0.2) is 0 Å². The molecule has 0 bridgehead atoms. The quantitative estimate of drug-likeness (QED) is 0.859. The summed E-state index contributed by atoms with van der Waals surface area (Å²) in [7, 11) is 4.17. The van der Waals surface area contributed by atoms with Gasteiger partial charge in [-0.05, 0) is 50.4 Å². The first-order valence-corrected chi connectivity index (χ1v) is 7.23. The summed E-state index contributed by atoms with van der Waals surface area (Å²) in [5.74, 6) is 0.493. The van der Waals surface area contributed by atoms with E-state index in [1.54, 1.807) is 0 Å². The predicted octanol–water partition coefficient (Wildman–Crippen LogP) is 4.11. The van der Waals surface area contributed by atoms with Crippen molar-refractivity contribution in [3.63, 3.8) is 0 Å². The maximum atomic E-state index is 6.12. The highest BCUT2D eigenvalue weighted by Crippen LogP contribution is 2.27. The van der Waals surface area contributed by atoms with Crippen LogP contribution in [0.15, 0.2) is 18.2 Å². The maximum absolute atomic E-state index is 6.12. The van der Waals surface area contributed by atoms with Gasteiger partial charge in [-0.1, -0.05) is 25.4 Å². The Kier molecular flexibility index (Phi) is 4.33. The molecule has 104 valence electrons. The molecule has 1 aromatic heterocycles. The first kappa shape index (κ1) is 14.6. The number of benzene rings is 1.